The van der Waals surface area contributed by atoms with E-state index in [-0.39, 0.29) is 24.0 Å². The van der Waals surface area contributed by atoms with Gasteiger partial charge in [0, 0.05) is 30.5 Å². The molecule has 1 aromatic heterocycles. The minimum Gasteiger partial charge on any atom is -0.454 e. The summed E-state index contributed by atoms with van der Waals surface area (Å²) in [5.41, 5.74) is 4.66. The van der Waals surface area contributed by atoms with Gasteiger partial charge in [0.25, 0.3) is 5.91 Å². The lowest BCUT2D eigenvalue weighted by Crippen LogP contribution is -2.43. The van der Waals surface area contributed by atoms with E-state index in [1.807, 2.05) is 23.1 Å². The largest absolute Gasteiger partial charge is 0.454 e. The van der Waals surface area contributed by atoms with E-state index in [1.165, 1.54) is 11.1 Å². The van der Waals surface area contributed by atoms with Gasteiger partial charge in [-0.2, -0.15) is 0 Å². The van der Waals surface area contributed by atoms with Crippen LogP contribution in [0.2, 0.25) is 0 Å². The predicted octanol–water partition coefficient (Wildman–Crippen LogP) is 4.95. The molecule has 6 rings (SSSR count). The maximum Gasteiger partial charge on any atom is 0.292 e. The highest BCUT2D eigenvalue weighted by molar-refractivity contribution is 5.91. The van der Waals surface area contributed by atoms with Gasteiger partial charge in [0.2, 0.25) is 12.6 Å². The second-order valence-electron chi connectivity index (χ2n) is 9.28. The summed E-state index contributed by atoms with van der Waals surface area (Å²) in [5.74, 6) is 1.91. The number of ether oxygens (including phenoxy) is 2. The third-order valence-corrected chi connectivity index (χ3v) is 7.24. The Balaban J connectivity index is 1.11. The molecule has 1 atom stereocenters. The highest BCUT2D eigenvalue weighted by Gasteiger charge is 2.39. The number of benzene rings is 2. The van der Waals surface area contributed by atoms with Crippen molar-refractivity contribution in [1.29, 1.82) is 0 Å². The number of rotatable bonds is 4. The zero-order valence-electron chi connectivity index (χ0n) is 18.6. The normalized spacial score (nSPS) is 18.5. The van der Waals surface area contributed by atoms with E-state index >= 15 is 0 Å². The Bertz CT molecular complexity index is 1240. The van der Waals surface area contributed by atoms with Gasteiger partial charge in [0.15, 0.2) is 11.5 Å². The maximum absolute atomic E-state index is 13.1. The summed E-state index contributed by atoms with van der Waals surface area (Å²) in [4.78, 5) is 15.0. The molecule has 2 aromatic carbocycles. The van der Waals surface area contributed by atoms with Crippen LogP contribution < -0.4 is 9.47 Å². The maximum atomic E-state index is 13.1. The van der Waals surface area contributed by atoms with E-state index < -0.39 is 0 Å². The first kappa shape index (κ1) is 20.1. The molecule has 0 bridgehead atoms. The van der Waals surface area contributed by atoms with Crippen molar-refractivity contribution >= 4 is 12.0 Å². The highest BCUT2D eigenvalue weighted by Crippen LogP contribution is 2.43. The van der Waals surface area contributed by atoms with Crippen LogP contribution in [0, 0.1) is 0 Å². The fourth-order valence-corrected chi connectivity index (χ4v) is 5.28. The van der Waals surface area contributed by atoms with Crippen LogP contribution in [0.4, 0.5) is 0 Å². The first-order chi connectivity index (χ1) is 16.1. The minimum atomic E-state index is -0.0749. The average Bonchev–Trinajstić information content (AvgIpc) is 3.59. The topological polar surface area (TPSA) is 64.8 Å². The summed E-state index contributed by atoms with van der Waals surface area (Å²) < 4.78 is 16.3. The molecule has 3 aliphatic rings. The van der Waals surface area contributed by atoms with Crippen molar-refractivity contribution in [3.05, 3.63) is 82.8 Å². The van der Waals surface area contributed by atoms with Gasteiger partial charge in [-0.1, -0.05) is 54.6 Å². The number of nitrogens with zero attached hydrogens (tertiary/aromatic N) is 2. The molecule has 3 aromatic rings. The zero-order chi connectivity index (χ0) is 22.4. The van der Waals surface area contributed by atoms with E-state index in [1.54, 1.807) is 6.07 Å². The third kappa shape index (κ3) is 3.50. The van der Waals surface area contributed by atoms with Crippen molar-refractivity contribution in [3.8, 4) is 11.5 Å². The number of carbonyl (C=O) groups is 1. The number of aromatic nitrogens is 1. The fraction of sp³-hybridized carbons (Fsp3) is 0.333. The van der Waals surface area contributed by atoms with Gasteiger partial charge < -0.3 is 18.9 Å². The molecule has 1 spiro atoms. The molecule has 1 fully saturated rings. The van der Waals surface area contributed by atoms with Crippen molar-refractivity contribution < 1.29 is 18.8 Å². The van der Waals surface area contributed by atoms with Crippen molar-refractivity contribution in [2.75, 3.05) is 19.9 Å². The number of likely N-dealkylation sites (tertiary alicyclic amines) is 1. The molecule has 1 saturated heterocycles. The molecule has 6 heteroatoms. The lowest BCUT2D eigenvalue weighted by Gasteiger charge is -2.38. The van der Waals surface area contributed by atoms with Crippen LogP contribution in [0.5, 0.6) is 11.5 Å². The molecule has 0 N–H and O–H groups in total. The Kier molecular flexibility index (Phi) is 4.75. The average molecular weight is 443 g/mol. The first-order valence-electron chi connectivity index (χ1n) is 11.5. The van der Waals surface area contributed by atoms with Crippen LogP contribution in [0.15, 0.2) is 59.1 Å². The quantitative estimate of drug-likeness (QED) is 0.572. The number of hydrogen-bond donors (Lipinski definition) is 0. The van der Waals surface area contributed by atoms with Crippen LogP contribution >= 0.6 is 0 Å². The van der Waals surface area contributed by atoms with Crippen molar-refractivity contribution in [1.82, 2.24) is 10.1 Å². The summed E-state index contributed by atoms with van der Waals surface area (Å²) in [6.45, 7) is 3.77. The Morgan fingerprint density at radius 1 is 1.09 bits per heavy atom. The Morgan fingerprint density at radius 2 is 1.91 bits per heavy atom. The molecule has 0 saturated carbocycles. The standard InChI is InChI=1S/C27H26N2O4/c1-18(14-19-6-7-23-24(15-19)32-17-31-23)22-16-25(33-28-22)26(30)29-12-10-27(11-13-29)9-8-20-4-2-3-5-21(20)27/h2-9,15-16,18H,10-14,17H2,1H3/t18-/m0/s1. The van der Waals surface area contributed by atoms with Crippen molar-refractivity contribution in [3.63, 3.8) is 0 Å². The number of allylic oxidation sites excluding steroid dienone is 1. The van der Waals surface area contributed by atoms with Crippen LogP contribution in [-0.2, 0) is 11.8 Å². The van der Waals surface area contributed by atoms with E-state index in [0.29, 0.717) is 18.8 Å². The SMILES string of the molecule is C[C@@H](Cc1ccc2c(c1)OCO2)c1cc(C(=O)N2CCC3(C=Cc4ccccc43)CC2)on1. The molecule has 0 unspecified atom stereocenters. The molecule has 33 heavy (non-hydrogen) atoms. The molecule has 1 aliphatic carbocycles. The number of carbonyl (C=O) groups excluding carboxylic acids is 1. The van der Waals surface area contributed by atoms with E-state index in [4.69, 9.17) is 14.0 Å². The molecular formula is C27H26N2O4. The minimum absolute atomic E-state index is 0.0546. The van der Waals surface area contributed by atoms with Gasteiger partial charge >= 0.3 is 0 Å². The van der Waals surface area contributed by atoms with E-state index in [9.17, 15) is 4.79 Å². The third-order valence-electron chi connectivity index (χ3n) is 7.24. The van der Waals surface area contributed by atoms with E-state index in [0.717, 1.165) is 42.0 Å². The van der Waals surface area contributed by atoms with Gasteiger partial charge in [-0.15, -0.1) is 0 Å². The lowest BCUT2D eigenvalue weighted by atomic mass is 9.74. The number of fused-ring (bicyclic) bond motifs is 3. The summed E-state index contributed by atoms with van der Waals surface area (Å²) in [6, 6.07) is 16.3. The fourth-order valence-electron chi connectivity index (χ4n) is 5.28. The van der Waals surface area contributed by atoms with Gasteiger partial charge in [0.05, 0.1) is 5.69 Å². The van der Waals surface area contributed by atoms with Gasteiger partial charge in [-0.25, -0.2) is 0 Å². The predicted molar refractivity (Wildman–Crippen MR) is 123 cm³/mol. The summed E-state index contributed by atoms with van der Waals surface area (Å²) >= 11 is 0. The van der Waals surface area contributed by atoms with E-state index in [2.05, 4.69) is 48.5 Å². The highest BCUT2D eigenvalue weighted by atomic mass is 16.7. The molecule has 3 heterocycles. The molecule has 2 aliphatic heterocycles. The van der Waals surface area contributed by atoms with Crippen molar-refractivity contribution in [2.45, 2.75) is 37.5 Å². The number of piperidine rings is 1. The summed E-state index contributed by atoms with van der Waals surface area (Å²) in [7, 11) is 0. The Hall–Kier alpha value is -3.54. The molecule has 168 valence electrons. The van der Waals surface area contributed by atoms with Gasteiger partial charge in [-0.05, 0) is 48.1 Å². The lowest BCUT2D eigenvalue weighted by molar-refractivity contribution is 0.0648. The molecule has 1 amide bonds. The molecule has 0 radical (unpaired) electrons. The number of hydrogen-bond acceptors (Lipinski definition) is 5. The molecule has 6 nitrogen and oxygen atoms in total. The van der Waals surface area contributed by atoms with Crippen LogP contribution in [-0.4, -0.2) is 35.8 Å². The summed E-state index contributed by atoms with van der Waals surface area (Å²) in [6.07, 6.45) is 7.16. The van der Waals surface area contributed by atoms with Crippen molar-refractivity contribution in [2.24, 2.45) is 0 Å². The smallest absolute Gasteiger partial charge is 0.292 e. The first-order valence-corrected chi connectivity index (χ1v) is 11.5. The van der Waals surface area contributed by atoms with Crippen LogP contribution in [0.1, 0.15) is 58.6 Å². The Morgan fingerprint density at radius 3 is 2.79 bits per heavy atom. The monoisotopic (exact) mass is 442 g/mol. The zero-order valence-corrected chi connectivity index (χ0v) is 18.6. The Labute approximate surface area is 192 Å². The summed E-state index contributed by atoms with van der Waals surface area (Å²) in [5, 5.41) is 4.21. The second kappa shape index (κ2) is 7.80. The van der Waals surface area contributed by atoms with Crippen LogP contribution in [0.3, 0.4) is 0 Å². The molecular weight excluding hydrogens is 416 g/mol. The van der Waals surface area contributed by atoms with Gasteiger partial charge in [0.1, 0.15) is 0 Å². The second-order valence-corrected chi connectivity index (χ2v) is 9.28. The van der Waals surface area contributed by atoms with Gasteiger partial charge in [-0.3, -0.25) is 4.79 Å². The number of amides is 1. The van der Waals surface area contributed by atoms with Crippen LogP contribution in [0.25, 0.3) is 6.08 Å².